The van der Waals surface area contributed by atoms with E-state index in [1.165, 1.54) is 29.8 Å². The maximum atomic E-state index is 12.1. The van der Waals surface area contributed by atoms with E-state index in [2.05, 4.69) is 13.8 Å². The topological polar surface area (TPSA) is 71.1 Å². The number of esters is 2. The van der Waals surface area contributed by atoms with Crippen LogP contribution in [0.4, 0.5) is 0 Å². The molecule has 0 aliphatic carbocycles. The largest absolute Gasteiger partial charge is 0.490 e. The molecule has 3 aromatic carbocycles. The van der Waals surface area contributed by atoms with Gasteiger partial charge in [0.2, 0.25) is 0 Å². The van der Waals surface area contributed by atoms with Crippen LogP contribution in [-0.4, -0.2) is 31.8 Å². The molecule has 0 bridgehead atoms. The van der Waals surface area contributed by atoms with Gasteiger partial charge in [0, 0.05) is 0 Å². The van der Waals surface area contributed by atoms with E-state index >= 15 is 0 Å². The Kier molecular flexibility index (Phi) is 8.26. The van der Waals surface area contributed by atoms with E-state index in [0.717, 1.165) is 0 Å². The van der Waals surface area contributed by atoms with Gasteiger partial charge in [-0.1, -0.05) is 44.2 Å². The van der Waals surface area contributed by atoms with Crippen LogP contribution in [-0.2, 0) is 9.53 Å². The summed E-state index contributed by atoms with van der Waals surface area (Å²) in [5, 5.41) is 0. The second kappa shape index (κ2) is 11.6. The van der Waals surface area contributed by atoms with Crippen molar-refractivity contribution < 1.29 is 28.5 Å². The molecule has 0 spiro atoms. The van der Waals surface area contributed by atoms with Crippen LogP contribution in [0.2, 0.25) is 0 Å². The maximum Gasteiger partial charge on any atom is 0.349 e. The lowest BCUT2D eigenvalue weighted by Gasteiger charge is -2.09. The van der Waals surface area contributed by atoms with Gasteiger partial charge in [-0.25, -0.2) is 9.59 Å². The first-order chi connectivity index (χ1) is 15.5. The molecule has 0 aliphatic rings. The number of hydrogen-bond donors (Lipinski definition) is 0. The van der Waals surface area contributed by atoms with Crippen molar-refractivity contribution in [2.45, 2.75) is 19.8 Å². The number of rotatable bonds is 10. The first-order valence-electron chi connectivity index (χ1n) is 10.4. The van der Waals surface area contributed by atoms with E-state index in [4.69, 9.17) is 18.9 Å². The predicted octanol–water partition coefficient (Wildman–Crippen LogP) is 5.03. The zero-order chi connectivity index (χ0) is 22.8. The first kappa shape index (κ1) is 22.9. The molecule has 3 rings (SSSR count). The number of benzene rings is 3. The molecule has 0 aromatic heterocycles. The van der Waals surface area contributed by atoms with E-state index in [1.807, 2.05) is 54.6 Å². The van der Waals surface area contributed by atoms with Crippen molar-refractivity contribution in [3.63, 3.8) is 0 Å². The maximum absolute atomic E-state index is 12.1. The van der Waals surface area contributed by atoms with Crippen LogP contribution >= 0.6 is 0 Å². The molecule has 6 heteroatoms. The molecule has 0 aliphatic heterocycles. The fourth-order valence-electron chi connectivity index (χ4n) is 2.81. The molecule has 0 N–H and O–H groups in total. The van der Waals surface area contributed by atoms with Crippen molar-refractivity contribution >= 4 is 11.9 Å². The van der Waals surface area contributed by atoms with Gasteiger partial charge in [0.1, 0.15) is 30.5 Å². The smallest absolute Gasteiger partial charge is 0.349 e. The van der Waals surface area contributed by atoms with E-state index in [-0.39, 0.29) is 19.8 Å². The molecule has 0 amide bonds. The van der Waals surface area contributed by atoms with Gasteiger partial charge < -0.3 is 18.9 Å². The van der Waals surface area contributed by atoms with Gasteiger partial charge in [-0.05, 0) is 60.0 Å². The molecular formula is C26H26O6. The third kappa shape index (κ3) is 7.16. The molecule has 0 unspecified atom stereocenters. The highest BCUT2D eigenvalue weighted by molar-refractivity contribution is 5.89. The summed E-state index contributed by atoms with van der Waals surface area (Å²) in [6, 6.07) is 23.0. The highest BCUT2D eigenvalue weighted by Gasteiger charge is 2.10. The Labute approximate surface area is 187 Å². The molecular weight excluding hydrogens is 408 g/mol. The van der Waals surface area contributed by atoms with Crippen molar-refractivity contribution in [3.8, 4) is 17.2 Å². The summed E-state index contributed by atoms with van der Waals surface area (Å²) >= 11 is 0. The minimum Gasteiger partial charge on any atom is -0.490 e. The average Bonchev–Trinajstić information content (AvgIpc) is 2.82. The van der Waals surface area contributed by atoms with Gasteiger partial charge in [-0.3, -0.25) is 0 Å². The van der Waals surface area contributed by atoms with Crippen LogP contribution in [0.15, 0.2) is 78.9 Å². The van der Waals surface area contributed by atoms with Crippen LogP contribution in [0.25, 0.3) is 0 Å². The molecule has 6 nitrogen and oxygen atoms in total. The number of carbonyl (C=O) groups excluding carboxylic acids is 2. The Morgan fingerprint density at radius 2 is 1.34 bits per heavy atom. The summed E-state index contributed by atoms with van der Waals surface area (Å²) in [6.45, 7) is 4.38. The van der Waals surface area contributed by atoms with Crippen LogP contribution in [0.3, 0.4) is 0 Å². The van der Waals surface area contributed by atoms with Crippen molar-refractivity contribution in [2.24, 2.45) is 0 Å². The van der Waals surface area contributed by atoms with Crippen LogP contribution in [0.1, 0.15) is 35.7 Å². The van der Waals surface area contributed by atoms with E-state index in [0.29, 0.717) is 28.7 Å². The number of hydrogen-bond acceptors (Lipinski definition) is 6. The lowest BCUT2D eigenvalue weighted by Crippen LogP contribution is -2.17. The lowest BCUT2D eigenvalue weighted by atomic mass is 10.0. The molecule has 0 radical (unpaired) electrons. The quantitative estimate of drug-likeness (QED) is 0.253. The number of carbonyl (C=O) groups is 2. The third-order valence-corrected chi connectivity index (χ3v) is 4.55. The number of ether oxygens (including phenoxy) is 4. The summed E-state index contributed by atoms with van der Waals surface area (Å²) in [4.78, 5) is 24.1. The normalized spacial score (nSPS) is 10.5. The van der Waals surface area contributed by atoms with Crippen LogP contribution in [0, 0.1) is 0 Å². The predicted molar refractivity (Wildman–Crippen MR) is 120 cm³/mol. The van der Waals surface area contributed by atoms with Crippen molar-refractivity contribution in [3.05, 3.63) is 90.0 Å². The summed E-state index contributed by atoms with van der Waals surface area (Å²) < 4.78 is 21.4. The Morgan fingerprint density at radius 1 is 0.719 bits per heavy atom. The molecule has 3 aromatic rings. The molecule has 0 atom stereocenters. The van der Waals surface area contributed by atoms with Gasteiger partial charge in [0.15, 0.2) is 6.61 Å². The molecule has 0 saturated carbocycles. The molecule has 166 valence electrons. The monoisotopic (exact) mass is 434 g/mol. The Morgan fingerprint density at radius 3 is 2.00 bits per heavy atom. The van der Waals surface area contributed by atoms with E-state index < -0.39 is 11.9 Å². The van der Waals surface area contributed by atoms with Crippen LogP contribution < -0.4 is 14.2 Å². The summed E-state index contributed by atoms with van der Waals surface area (Å²) in [6.07, 6.45) is 0. The summed E-state index contributed by atoms with van der Waals surface area (Å²) in [5.41, 5.74) is 1.55. The molecule has 32 heavy (non-hydrogen) atoms. The standard InChI is InChI=1S/C26H26O6/c1-19(2)20-8-12-23(13-9-20)31-18-25(27)32-24-14-10-21(11-15-24)26(28)30-17-16-29-22-6-4-3-5-7-22/h3-15,19H,16-18H2,1-2H3. The van der Waals surface area contributed by atoms with Crippen LogP contribution in [0.5, 0.6) is 17.2 Å². The fourth-order valence-corrected chi connectivity index (χ4v) is 2.81. The van der Waals surface area contributed by atoms with E-state index in [1.54, 1.807) is 0 Å². The van der Waals surface area contributed by atoms with Gasteiger partial charge in [0.25, 0.3) is 0 Å². The Hall–Kier alpha value is -3.80. The Bertz CT molecular complexity index is 995. The highest BCUT2D eigenvalue weighted by Crippen LogP contribution is 2.19. The summed E-state index contributed by atoms with van der Waals surface area (Å²) in [5.74, 6) is 1.04. The second-order valence-electron chi connectivity index (χ2n) is 7.31. The minimum atomic E-state index is -0.536. The van der Waals surface area contributed by atoms with E-state index in [9.17, 15) is 9.59 Å². The van der Waals surface area contributed by atoms with Crippen molar-refractivity contribution in [1.82, 2.24) is 0 Å². The minimum absolute atomic E-state index is 0.125. The Balaban J connectivity index is 1.39. The first-order valence-corrected chi connectivity index (χ1v) is 10.4. The van der Waals surface area contributed by atoms with Crippen molar-refractivity contribution in [1.29, 1.82) is 0 Å². The SMILES string of the molecule is CC(C)c1ccc(OCC(=O)Oc2ccc(C(=O)OCCOc3ccccc3)cc2)cc1. The number of para-hydroxylation sites is 1. The van der Waals surface area contributed by atoms with Crippen molar-refractivity contribution in [2.75, 3.05) is 19.8 Å². The van der Waals surface area contributed by atoms with Gasteiger partial charge in [-0.2, -0.15) is 0 Å². The highest BCUT2D eigenvalue weighted by atomic mass is 16.6. The lowest BCUT2D eigenvalue weighted by molar-refractivity contribution is -0.136. The van der Waals surface area contributed by atoms with Gasteiger partial charge >= 0.3 is 11.9 Å². The van der Waals surface area contributed by atoms with Gasteiger partial charge in [0.05, 0.1) is 5.56 Å². The zero-order valence-corrected chi connectivity index (χ0v) is 18.2. The van der Waals surface area contributed by atoms with Gasteiger partial charge in [-0.15, -0.1) is 0 Å². The average molecular weight is 434 g/mol. The third-order valence-electron chi connectivity index (χ3n) is 4.55. The fraction of sp³-hybridized carbons (Fsp3) is 0.231. The molecule has 0 saturated heterocycles. The summed E-state index contributed by atoms with van der Waals surface area (Å²) in [7, 11) is 0. The second-order valence-corrected chi connectivity index (χ2v) is 7.31. The molecule has 0 heterocycles. The molecule has 0 fully saturated rings. The zero-order valence-electron chi connectivity index (χ0n) is 18.2.